The topological polar surface area (TPSA) is 152 Å². The van der Waals surface area contributed by atoms with E-state index in [1.807, 2.05) is 68.8 Å². The molecule has 57 heavy (non-hydrogen) atoms. The largest absolute Gasteiger partial charge is 0.484 e. The zero-order valence-corrected chi connectivity index (χ0v) is 34.4. The van der Waals surface area contributed by atoms with Crippen molar-refractivity contribution >= 4 is 46.8 Å². The molecule has 300 valence electrons. The minimum absolute atomic E-state index is 0.0919. The number of anilines is 1. The summed E-state index contributed by atoms with van der Waals surface area (Å²) < 4.78 is 18.1. The van der Waals surface area contributed by atoms with Crippen LogP contribution in [0.5, 0.6) is 5.75 Å². The van der Waals surface area contributed by atoms with Crippen LogP contribution in [0.4, 0.5) is 10.6 Å². The molecular formula is C42H48ClN7O6S. The molecular weight excluding hydrogens is 766 g/mol. The van der Waals surface area contributed by atoms with Crippen molar-refractivity contribution < 1.29 is 28.9 Å². The van der Waals surface area contributed by atoms with Crippen molar-refractivity contribution in [3.8, 4) is 17.0 Å². The number of aliphatic hydroxyl groups excluding tert-OH is 1. The minimum atomic E-state index is -0.597. The number of benzene rings is 2. The van der Waals surface area contributed by atoms with Crippen LogP contribution in [0.3, 0.4) is 0 Å². The number of amides is 2. The van der Waals surface area contributed by atoms with E-state index in [0.29, 0.717) is 59.2 Å². The van der Waals surface area contributed by atoms with Gasteiger partial charge in [0.05, 0.1) is 35.7 Å². The smallest absolute Gasteiger partial charge is 0.408 e. The monoisotopic (exact) mass is 813 g/mol. The van der Waals surface area contributed by atoms with Crippen molar-refractivity contribution in [1.29, 1.82) is 0 Å². The quantitative estimate of drug-likeness (QED) is 0.112. The fraction of sp³-hybridized carbons (Fsp3) is 0.405. The van der Waals surface area contributed by atoms with E-state index in [4.69, 9.17) is 40.8 Å². The molecule has 1 spiro atoms. The van der Waals surface area contributed by atoms with Crippen molar-refractivity contribution in [1.82, 2.24) is 30.0 Å². The molecule has 2 aliphatic rings. The van der Waals surface area contributed by atoms with Crippen molar-refractivity contribution in [2.24, 2.45) is 5.41 Å². The SMILES string of the molecule is COCCNC(=O)COc1ccc(-c2cn3ccc(Sc4nc(CO)c(N5CCC6(CC5)Cc5ccccc5[C@H]6NC(=O)OC(C)(C)C)nc4C)c(Cl)c3n2)cc1. The molecule has 1 fully saturated rings. The van der Waals surface area contributed by atoms with Gasteiger partial charge in [-0.1, -0.05) is 47.6 Å². The lowest BCUT2D eigenvalue weighted by atomic mass is 9.72. The molecule has 1 aliphatic heterocycles. The Morgan fingerprint density at radius 2 is 1.81 bits per heavy atom. The molecule has 0 saturated carbocycles. The normalized spacial score (nSPS) is 16.1. The number of aryl methyl sites for hydroxylation is 1. The van der Waals surface area contributed by atoms with E-state index in [0.717, 1.165) is 46.7 Å². The molecule has 0 radical (unpaired) electrons. The number of halogens is 1. The lowest BCUT2D eigenvalue weighted by Crippen LogP contribution is -2.48. The predicted molar refractivity (Wildman–Crippen MR) is 219 cm³/mol. The van der Waals surface area contributed by atoms with E-state index in [9.17, 15) is 14.7 Å². The number of methoxy groups -OCH3 is 1. The fourth-order valence-corrected chi connectivity index (χ4v) is 8.78. The summed E-state index contributed by atoms with van der Waals surface area (Å²) in [5.41, 5.74) is 5.02. The van der Waals surface area contributed by atoms with Gasteiger partial charge in [0, 0.05) is 55.0 Å². The first-order valence-electron chi connectivity index (χ1n) is 19.0. The number of alkyl carbamates (subject to hydrolysis) is 1. The van der Waals surface area contributed by atoms with Crippen molar-refractivity contribution in [2.75, 3.05) is 44.9 Å². The van der Waals surface area contributed by atoms with Crippen LogP contribution >= 0.6 is 23.4 Å². The second-order valence-corrected chi connectivity index (χ2v) is 16.9. The van der Waals surface area contributed by atoms with Crippen molar-refractivity contribution in [3.63, 3.8) is 0 Å². The fourth-order valence-electron chi connectivity index (χ4n) is 7.59. The van der Waals surface area contributed by atoms with E-state index < -0.39 is 11.7 Å². The summed E-state index contributed by atoms with van der Waals surface area (Å²) >= 11 is 8.35. The highest BCUT2D eigenvalue weighted by Crippen LogP contribution is 2.52. The number of carbonyl (C=O) groups is 2. The zero-order chi connectivity index (χ0) is 40.3. The van der Waals surface area contributed by atoms with Crippen LogP contribution in [0.2, 0.25) is 5.02 Å². The Balaban J connectivity index is 1.03. The average molecular weight is 814 g/mol. The Labute approximate surface area is 341 Å². The molecule has 0 bridgehead atoms. The zero-order valence-electron chi connectivity index (χ0n) is 32.8. The maximum atomic E-state index is 13.0. The molecule has 1 atom stereocenters. The average Bonchev–Trinajstić information content (AvgIpc) is 3.75. The van der Waals surface area contributed by atoms with Gasteiger partial charge in [-0.05, 0) is 88.4 Å². The number of fused-ring (bicyclic) bond motifs is 2. The maximum Gasteiger partial charge on any atom is 0.408 e. The van der Waals surface area contributed by atoms with Gasteiger partial charge in [-0.15, -0.1) is 0 Å². The van der Waals surface area contributed by atoms with Gasteiger partial charge in [0.2, 0.25) is 0 Å². The first-order valence-corrected chi connectivity index (χ1v) is 20.2. The molecule has 3 N–H and O–H groups in total. The van der Waals surface area contributed by atoms with Crippen LogP contribution in [0, 0.1) is 12.3 Å². The number of carbonyl (C=O) groups excluding carboxylic acids is 2. The van der Waals surface area contributed by atoms with Crippen LogP contribution < -0.4 is 20.3 Å². The van der Waals surface area contributed by atoms with Crippen LogP contribution in [0.25, 0.3) is 16.9 Å². The van der Waals surface area contributed by atoms with E-state index in [-0.39, 0.29) is 30.6 Å². The third-order valence-corrected chi connectivity index (χ3v) is 12.0. The Bertz CT molecular complexity index is 2250. The summed E-state index contributed by atoms with van der Waals surface area (Å²) in [6, 6.07) is 17.4. The number of pyridine rings is 1. The van der Waals surface area contributed by atoms with E-state index in [1.165, 1.54) is 17.3 Å². The van der Waals surface area contributed by atoms with E-state index in [2.05, 4.69) is 33.7 Å². The maximum absolute atomic E-state index is 13.0. The number of piperidine rings is 1. The number of ether oxygens (including phenoxy) is 3. The van der Waals surface area contributed by atoms with Crippen LogP contribution in [0.1, 0.15) is 62.2 Å². The molecule has 2 aromatic carbocycles. The molecule has 0 unspecified atom stereocenters. The van der Waals surface area contributed by atoms with E-state index >= 15 is 0 Å². The molecule has 3 aromatic heterocycles. The molecule has 7 rings (SSSR count). The number of rotatable bonds is 12. The van der Waals surface area contributed by atoms with Gasteiger partial charge in [0.1, 0.15) is 22.1 Å². The lowest BCUT2D eigenvalue weighted by molar-refractivity contribution is -0.123. The van der Waals surface area contributed by atoms with Gasteiger partial charge < -0.3 is 39.3 Å². The highest BCUT2D eigenvalue weighted by atomic mass is 35.5. The molecule has 5 aromatic rings. The van der Waals surface area contributed by atoms with Crippen molar-refractivity contribution in [2.45, 2.75) is 75.1 Å². The summed E-state index contributed by atoms with van der Waals surface area (Å²) in [7, 11) is 1.58. The lowest BCUT2D eigenvalue weighted by Gasteiger charge is -2.44. The third kappa shape index (κ3) is 8.99. The summed E-state index contributed by atoms with van der Waals surface area (Å²) in [4.78, 5) is 42.7. The molecule has 1 saturated heterocycles. The summed E-state index contributed by atoms with van der Waals surface area (Å²) in [5, 5.41) is 17.6. The second-order valence-electron chi connectivity index (χ2n) is 15.5. The standard InChI is InChI=1S/C42H48ClN7O6S/c1-26-39(57-33-14-18-50-23-31(46-38(50)35(33)43)27-10-12-29(13-11-27)55-25-34(52)44-17-21-54-5)47-32(24-51)37(45-26)49-19-15-42(16-20-49)22-28-8-6-7-9-30(28)36(42)48-40(53)56-41(2,3)4/h6-14,18,23,36,51H,15-17,19-22,24-25H2,1-5H3,(H,44,52)(H,48,53)/t36-/m1/s1. The van der Waals surface area contributed by atoms with Gasteiger partial charge in [-0.3, -0.25) is 4.79 Å². The van der Waals surface area contributed by atoms with E-state index in [1.54, 1.807) is 19.2 Å². The molecule has 2 amide bonds. The summed E-state index contributed by atoms with van der Waals surface area (Å²) in [5.74, 6) is 1.01. The van der Waals surface area contributed by atoms with Crippen molar-refractivity contribution in [3.05, 3.63) is 94.5 Å². The van der Waals surface area contributed by atoms with Gasteiger partial charge in [0.15, 0.2) is 18.1 Å². The summed E-state index contributed by atoms with van der Waals surface area (Å²) in [6.07, 6.45) is 5.90. The highest BCUT2D eigenvalue weighted by molar-refractivity contribution is 7.99. The number of aromatic nitrogens is 4. The van der Waals surface area contributed by atoms with Gasteiger partial charge >= 0.3 is 6.09 Å². The Morgan fingerprint density at radius 3 is 2.53 bits per heavy atom. The number of hydrogen-bond acceptors (Lipinski definition) is 11. The van der Waals surface area contributed by atoms with Crippen LogP contribution in [-0.4, -0.2) is 82.0 Å². The van der Waals surface area contributed by atoms with Crippen LogP contribution in [0.15, 0.2) is 76.9 Å². The minimum Gasteiger partial charge on any atom is -0.484 e. The molecule has 13 nitrogen and oxygen atoms in total. The Morgan fingerprint density at radius 1 is 1.05 bits per heavy atom. The summed E-state index contributed by atoms with van der Waals surface area (Å²) in [6.45, 7) is 9.42. The number of nitrogens with one attached hydrogen (secondary N) is 2. The molecule has 4 heterocycles. The van der Waals surface area contributed by atoms with Gasteiger partial charge in [-0.2, -0.15) is 0 Å². The predicted octanol–water partition coefficient (Wildman–Crippen LogP) is 6.95. The third-order valence-electron chi connectivity index (χ3n) is 10.4. The first-order chi connectivity index (χ1) is 27.4. The van der Waals surface area contributed by atoms with Crippen LogP contribution in [-0.2, 0) is 27.3 Å². The highest BCUT2D eigenvalue weighted by Gasteiger charge is 2.49. The first kappa shape index (κ1) is 40.3. The molecule has 15 heteroatoms. The molecule has 1 aliphatic carbocycles. The Hall–Kier alpha value is -4.89. The number of nitrogens with zero attached hydrogens (tertiary/aromatic N) is 5. The second kappa shape index (κ2) is 16.9. The number of hydrogen-bond donors (Lipinski definition) is 3. The number of aliphatic hydroxyl groups is 1. The van der Waals surface area contributed by atoms with Gasteiger partial charge in [0.25, 0.3) is 5.91 Å². The van der Waals surface area contributed by atoms with Gasteiger partial charge in [-0.25, -0.2) is 19.7 Å². The number of imidazole rings is 1. The Kier molecular flexibility index (Phi) is 12.0.